The molecule has 31 heavy (non-hydrogen) atoms. The second kappa shape index (κ2) is 8.55. The largest absolute Gasteiger partial charge is 0.497 e. The van der Waals surface area contributed by atoms with Gasteiger partial charge in [-0.05, 0) is 61.2 Å². The molecule has 0 N–H and O–H groups in total. The van der Waals surface area contributed by atoms with Crippen LogP contribution in [0, 0.1) is 0 Å². The Hall–Kier alpha value is -3.12. The third kappa shape index (κ3) is 4.35. The standard InChI is InChI=1S/C24H23ClN4O2/c1-30-22-9-5-17(6-10-22)23-26-14-21(29(23)20-7-8-20)13-18(24-27-15-28-31-24)11-16-3-2-4-19(25)12-16/h2-6,9-10,12,14-15,18,20H,7-8,11,13H2,1H3. The van der Waals surface area contributed by atoms with Gasteiger partial charge in [0.1, 0.15) is 11.6 Å². The third-order valence-electron chi connectivity index (χ3n) is 5.69. The van der Waals surface area contributed by atoms with Crippen molar-refractivity contribution >= 4 is 11.6 Å². The monoisotopic (exact) mass is 434 g/mol. The first-order valence-electron chi connectivity index (χ1n) is 10.4. The van der Waals surface area contributed by atoms with Gasteiger partial charge in [0.2, 0.25) is 5.89 Å². The van der Waals surface area contributed by atoms with E-state index in [0.29, 0.717) is 11.9 Å². The average Bonchev–Trinajstić information content (AvgIpc) is 3.30. The minimum absolute atomic E-state index is 0.0406. The van der Waals surface area contributed by atoms with E-state index in [2.05, 4.69) is 32.9 Å². The Morgan fingerprint density at radius 3 is 2.65 bits per heavy atom. The van der Waals surface area contributed by atoms with Gasteiger partial charge in [0.15, 0.2) is 6.33 Å². The van der Waals surface area contributed by atoms with Crippen LogP contribution in [0.4, 0.5) is 0 Å². The van der Waals surface area contributed by atoms with Gasteiger partial charge >= 0.3 is 0 Å². The number of hydrogen-bond donors (Lipinski definition) is 0. The first-order valence-corrected chi connectivity index (χ1v) is 10.8. The Morgan fingerprint density at radius 1 is 1.13 bits per heavy atom. The highest BCUT2D eigenvalue weighted by molar-refractivity contribution is 6.30. The maximum Gasteiger partial charge on any atom is 0.230 e. The summed E-state index contributed by atoms with van der Waals surface area (Å²) < 4.78 is 13.1. The van der Waals surface area contributed by atoms with Crippen molar-refractivity contribution in [1.29, 1.82) is 0 Å². The molecule has 2 aromatic heterocycles. The van der Waals surface area contributed by atoms with Crippen molar-refractivity contribution in [2.45, 2.75) is 37.6 Å². The molecule has 1 atom stereocenters. The molecule has 0 spiro atoms. The molecule has 0 bridgehead atoms. The summed E-state index contributed by atoms with van der Waals surface area (Å²) in [4.78, 5) is 9.14. The maximum absolute atomic E-state index is 6.21. The van der Waals surface area contributed by atoms with Crippen molar-refractivity contribution in [2.75, 3.05) is 7.11 Å². The molecule has 0 amide bonds. The molecule has 158 valence electrons. The molecule has 5 rings (SSSR count). The van der Waals surface area contributed by atoms with Gasteiger partial charge in [0, 0.05) is 40.9 Å². The van der Waals surface area contributed by atoms with Gasteiger partial charge in [-0.15, -0.1) is 0 Å². The fraction of sp³-hybridized carbons (Fsp3) is 0.292. The van der Waals surface area contributed by atoms with Gasteiger partial charge in [-0.25, -0.2) is 4.98 Å². The van der Waals surface area contributed by atoms with E-state index < -0.39 is 0 Å². The Kier molecular flexibility index (Phi) is 5.47. The van der Waals surface area contributed by atoms with Crippen LogP contribution in [0.1, 0.15) is 41.9 Å². The molecule has 6 nitrogen and oxygen atoms in total. The van der Waals surface area contributed by atoms with Crippen LogP contribution in [0.3, 0.4) is 0 Å². The number of benzene rings is 2. The number of halogens is 1. The van der Waals surface area contributed by atoms with Gasteiger partial charge in [-0.3, -0.25) is 0 Å². The zero-order valence-corrected chi connectivity index (χ0v) is 18.0. The number of aromatic nitrogens is 4. The normalized spacial score (nSPS) is 14.5. The predicted octanol–water partition coefficient (Wildman–Crippen LogP) is 5.50. The lowest BCUT2D eigenvalue weighted by atomic mass is 9.94. The molecule has 1 fully saturated rings. The molecule has 7 heteroatoms. The molecular weight excluding hydrogens is 412 g/mol. The summed E-state index contributed by atoms with van der Waals surface area (Å²) in [6.45, 7) is 0. The Morgan fingerprint density at radius 2 is 1.97 bits per heavy atom. The molecule has 0 radical (unpaired) electrons. The number of nitrogens with zero attached hydrogens (tertiary/aromatic N) is 4. The zero-order valence-electron chi connectivity index (χ0n) is 17.2. The van der Waals surface area contributed by atoms with Crippen LogP contribution in [0.2, 0.25) is 5.02 Å². The molecule has 2 aromatic carbocycles. The van der Waals surface area contributed by atoms with E-state index in [1.165, 1.54) is 24.9 Å². The van der Waals surface area contributed by atoms with Gasteiger partial charge in [-0.1, -0.05) is 28.9 Å². The van der Waals surface area contributed by atoms with Crippen LogP contribution in [0.5, 0.6) is 5.75 Å². The summed E-state index contributed by atoms with van der Waals surface area (Å²) >= 11 is 6.21. The summed E-state index contributed by atoms with van der Waals surface area (Å²) in [7, 11) is 1.68. The topological polar surface area (TPSA) is 66.0 Å². The van der Waals surface area contributed by atoms with E-state index in [0.717, 1.165) is 40.6 Å². The lowest BCUT2D eigenvalue weighted by molar-refractivity contribution is 0.348. The van der Waals surface area contributed by atoms with Crippen molar-refractivity contribution in [3.63, 3.8) is 0 Å². The number of methoxy groups -OCH3 is 1. The molecule has 0 aliphatic heterocycles. The van der Waals surface area contributed by atoms with Crippen molar-refractivity contribution in [1.82, 2.24) is 19.7 Å². The third-order valence-corrected chi connectivity index (χ3v) is 5.92. The smallest absolute Gasteiger partial charge is 0.230 e. The van der Waals surface area contributed by atoms with Gasteiger partial charge in [0.25, 0.3) is 0 Å². The van der Waals surface area contributed by atoms with E-state index >= 15 is 0 Å². The Bertz CT molecular complexity index is 1150. The minimum atomic E-state index is 0.0406. The second-order valence-corrected chi connectivity index (χ2v) is 8.35. The highest BCUT2D eigenvalue weighted by Crippen LogP contribution is 2.41. The van der Waals surface area contributed by atoms with Crippen molar-refractivity contribution in [3.05, 3.63) is 83.2 Å². The lowest BCUT2D eigenvalue weighted by Gasteiger charge is -2.16. The van der Waals surface area contributed by atoms with Crippen LogP contribution in [0.25, 0.3) is 11.4 Å². The molecule has 1 saturated carbocycles. The summed E-state index contributed by atoms with van der Waals surface area (Å²) in [6, 6.07) is 16.5. The Balaban J connectivity index is 1.47. The van der Waals surface area contributed by atoms with Gasteiger partial charge in [-0.2, -0.15) is 4.98 Å². The highest BCUT2D eigenvalue weighted by Gasteiger charge is 2.30. The molecule has 2 heterocycles. The summed E-state index contributed by atoms with van der Waals surface area (Å²) in [6.07, 6.45) is 7.31. The number of ether oxygens (including phenoxy) is 1. The van der Waals surface area contributed by atoms with E-state index in [9.17, 15) is 0 Å². The number of imidazole rings is 1. The van der Waals surface area contributed by atoms with E-state index in [4.69, 9.17) is 25.8 Å². The number of rotatable bonds is 8. The van der Waals surface area contributed by atoms with Crippen LogP contribution >= 0.6 is 11.6 Å². The zero-order chi connectivity index (χ0) is 21.2. The summed E-state index contributed by atoms with van der Waals surface area (Å²) in [5.74, 6) is 2.51. The minimum Gasteiger partial charge on any atom is -0.497 e. The Labute approximate surface area is 185 Å². The fourth-order valence-electron chi connectivity index (χ4n) is 4.05. The quantitative estimate of drug-likeness (QED) is 0.366. The van der Waals surface area contributed by atoms with Crippen LogP contribution in [0.15, 0.2) is 65.6 Å². The summed E-state index contributed by atoms with van der Waals surface area (Å²) in [5, 5.41) is 4.56. The maximum atomic E-state index is 6.21. The SMILES string of the molecule is COc1ccc(-c2ncc(CC(Cc3cccc(Cl)c3)c3ncno3)n2C2CC2)cc1. The fourth-order valence-corrected chi connectivity index (χ4v) is 4.26. The average molecular weight is 435 g/mol. The molecule has 0 saturated heterocycles. The van der Waals surface area contributed by atoms with E-state index in [-0.39, 0.29) is 5.92 Å². The van der Waals surface area contributed by atoms with Crippen LogP contribution in [-0.4, -0.2) is 26.8 Å². The van der Waals surface area contributed by atoms with Crippen molar-refractivity contribution in [3.8, 4) is 17.1 Å². The molecule has 1 aliphatic carbocycles. The molecular formula is C24H23ClN4O2. The van der Waals surface area contributed by atoms with Crippen LogP contribution < -0.4 is 4.74 Å². The predicted molar refractivity (Wildman–Crippen MR) is 118 cm³/mol. The number of hydrogen-bond acceptors (Lipinski definition) is 5. The van der Waals surface area contributed by atoms with E-state index in [1.807, 2.05) is 36.5 Å². The van der Waals surface area contributed by atoms with Crippen molar-refractivity contribution in [2.24, 2.45) is 0 Å². The van der Waals surface area contributed by atoms with Gasteiger partial charge in [0.05, 0.1) is 7.11 Å². The lowest BCUT2D eigenvalue weighted by Crippen LogP contribution is -2.11. The summed E-state index contributed by atoms with van der Waals surface area (Å²) in [5.41, 5.74) is 3.41. The first-order chi connectivity index (χ1) is 15.2. The molecule has 1 unspecified atom stereocenters. The molecule has 1 aliphatic rings. The van der Waals surface area contributed by atoms with E-state index in [1.54, 1.807) is 7.11 Å². The second-order valence-electron chi connectivity index (χ2n) is 7.92. The van der Waals surface area contributed by atoms with Crippen molar-refractivity contribution < 1.29 is 9.26 Å². The first kappa shape index (κ1) is 19.8. The van der Waals surface area contributed by atoms with Gasteiger partial charge < -0.3 is 13.8 Å². The highest BCUT2D eigenvalue weighted by atomic mass is 35.5. The van der Waals surface area contributed by atoms with Crippen LogP contribution in [-0.2, 0) is 12.8 Å². The molecule has 4 aromatic rings.